The fourth-order valence-corrected chi connectivity index (χ4v) is 5.01. The van der Waals surface area contributed by atoms with E-state index in [-0.39, 0.29) is 19.1 Å². The quantitative estimate of drug-likeness (QED) is 0.334. The van der Waals surface area contributed by atoms with E-state index in [1.54, 1.807) is 46.2 Å². The van der Waals surface area contributed by atoms with Crippen molar-refractivity contribution in [2.45, 2.75) is 57.8 Å². The lowest BCUT2D eigenvalue weighted by Gasteiger charge is -2.32. The SMILES string of the molecule is COc1ccc(-c2nc(-c3ccncc3)nn2CCN(C(=O)C(C)CC(F)(F)F)C2CCCC2)cc1Cl. The molecule has 1 fully saturated rings. The number of carbonyl (C=O) groups is 1. The summed E-state index contributed by atoms with van der Waals surface area (Å²) in [4.78, 5) is 23.5. The summed E-state index contributed by atoms with van der Waals surface area (Å²) < 4.78 is 46.0. The Bertz CT molecular complexity index is 1210. The van der Waals surface area contributed by atoms with E-state index in [4.69, 9.17) is 21.3 Å². The van der Waals surface area contributed by atoms with Gasteiger partial charge in [0.2, 0.25) is 5.91 Å². The van der Waals surface area contributed by atoms with E-state index < -0.39 is 24.4 Å². The zero-order valence-corrected chi connectivity index (χ0v) is 21.5. The number of amides is 1. The first-order chi connectivity index (χ1) is 17.7. The van der Waals surface area contributed by atoms with Crippen LogP contribution in [0.4, 0.5) is 13.2 Å². The minimum absolute atomic E-state index is 0.0785. The van der Waals surface area contributed by atoms with Crippen LogP contribution in [0, 0.1) is 5.92 Å². The summed E-state index contributed by atoms with van der Waals surface area (Å²) in [6, 6.07) is 8.77. The van der Waals surface area contributed by atoms with E-state index in [0.717, 1.165) is 31.2 Å². The maximum Gasteiger partial charge on any atom is 0.389 e. The highest BCUT2D eigenvalue weighted by Gasteiger charge is 2.37. The van der Waals surface area contributed by atoms with Gasteiger partial charge in [0.15, 0.2) is 11.6 Å². The van der Waals surface area contributed by atoms with Crippen molar-refractivity contribution in [2.75, 3.05) is 13.7 Å². The molecule has 1 atom stereocenters. The van der Waals surface area contributed by atoms with Crippen molar-refractivity contribution < 1.29 is 22.7 Å². The predicted molar refractivity (Wildman–Crippen MR) is 134 cm³/mol. The lowest BCUT2D eigenvalue weighted by atomic mass is 10.0. The zero-order valence-electron chi connectivity index (χ0n) is 20.7. The molecular weight excluding hydrogens is 507 g/mol. The number of alkyl halides is 3. The molecule has 1 unspecified atom stereocenters. The Hall–Kier alpha value is -3.14. The van der Waals surface area contributed by atoms with Crippen LogP contribution < -0.4 is 4.74 Å². The van der Waals surface area contributed by atoms with Crippen molar-refractivity contribution in [3.63, 3.8) is 0 Å². The van der Waals surface area contributed by atoms with Gasteiger partial charge in [0, 0.05) is 42.0 Å². The summed E-state index contributed by atoms with van der Waals surface area (Å²) in [5, 5.41) is 5.08. The average molecular weight is 536 g/mol. The third-order valence-corrected chi connectivity index (χ3v) is 6.88. The lowest BCUT2D eigenvalue weighted by Crippen LogP contribution is -2.44. The van der Waals surface area contributed by atoms with E-state index in [2.05, 4.69) is 10.1 Å². The van der Waals surface area contributed by atoms with Crippen LogP contribution in [0.15, 0.2) is 42.7 Å². The molecule has 2 heterocycles. The number of halogens is 4. The van der Waals surface area contributed by atoms with E-state index in [0.29, 0.717) is 28.0 Å². The molecule has 0 spiro atoms. The summed E-state index contributed by atoms with van der Waals surface area (Å²) in [6.07, 6.45) is 1.21. The molecule has 1 amide bonds. The van der Waals surface area contributed by atoms with Crippen LogP contribution in [0.25, 0.3) is 22.8 Å². The fourth-order valence-electron chi connectivity index (χ4n) is 4.75. The molecule has 4 rings (SSSR count). The van der Waals surface area contributed by atoms with Crippen LogP contribution in [0.3, 0.4) is 0 Å². The normalized spacial score (nSPS) is 15.1. The molecule has 1 aromatic carbocycles. The van der Waals surface area contributed by atoms with Crippen LogP contribution in [0.2, 0.25) is 5.02 Å². The third-order valence-electron chi connectivity index (χ3n) is 6.58. The second-order valence-corrected chi connectivity index (χ2v) is 9.66. The number of pyridine rings is 1. The highest BCUT2D eigenvalue weighted by molar-refractivity contribution is 6.32. The highest BCUT2D eigenvalue weighted by Crippen LogP contribution is 2.32. The van der Waals surface area contributed by atoms with Gasteiger partial charge in [0.1, 0.15) is 5.75 Å². The van der Waals surface area contributed by atoms with Gasteiger partial charge in [-0.15, -0.1) is 0 Å². The maximum absolute atomic E-state index is 13.2. The number of carbonyl (C=O) groups excluding carboxylic acids is 1. The maximum atomic E-state index is 13.2. The van der Waals surface area contributed by atoms with Crippen molar-refractivity contribution in [1.29, 1.82) is 0 Å². The smallest absolute Gasteiger partial charge is 0.389 e. The molecule has 0 saturated heterocycles. The number of aromatic nitrogens is 4. The van der Waals surface area contributed by atoms with Crippen LogP contribution >= 0.6 is 11.6 Å². The van der Waals surface area contributed by atoms with Crippen molar-refractivity contribution >= 4 is 17.5 Å². The summed E-state index contributed by atoms with van der Waals surface area (Å²) in [5.41, 5.74) is 1.46. The molecule has 1 aliphatic carbocycles. The number of ether oxygens (including phenoxy) is 1. The van der Waals surface area contributed by atoms with Gasteiger partial charge in [-0.2, -0.15) is 18.3 Å². The summed E-state index contributed by atoms with van der Waals surface area (Å²) in [7, 11) is 1.53. The Labute approximate surface area is 218 Å². The van der Waals surface area contributed by atoms with Gasteiger partial charge in [-0.3, -0.25) is 9.78 Å². The van der Waals surface area contributed by atoms with Crippen molar-refractivity contribution in [3.8, 4) is 28.5 Å². The number of benzene rings is 1. The minimum Gasteiger partial charge on any atom is -0.495 e. The number of hydrogen-bond acceptors (Lipinski definition) is 5. The predicted octanol–water partition coefficient (Wildman–Crippen LogP) is 6.03. The van der Waals surface area contributed by atoms with Gasteiger partial charge in [0.25, 0.3) is 0 Å². The molecule has 0 radical (unpaired) electrons. The molecule has 11 heteroatoms. The highest BCUT2D eigenvalue weighted by atomic mass is 35.5. The summed E-state index contributed by atoms with van der Waals surface area (Å²) in [5.74, 6) is -0.120. The Morgan fingerprint density at radius 2 is 1.89 bits per heavy atom. The number of hydrogen-bond donors (Lipinski definition) is 0. The molecular formula is C26H29ClF3N5O2. The minimum atomic E-state index is -4.40. The Morgan fingerprint density at radius 3 is 2.51 bits per heavy atom. The molecule has 0 aliphatic heterocycles. The van der Waals surface area contributed by atoms with Crippen molar-refractivity contribution in [2.24, 2.45) is 5.92 Å². The largest absolute Gasteiger partial charge is 0.495 e. The van der Waals surface area contributed by atoms with Crippen molar-refractivity contribution in [3.05, 3.63) is 47.7 Å². The molecule has 0 bridgehead atoms. The molecule has 0 N–H and O–H groups in total. The van der Waals surface area contributed by atoms with E-state index >= 15 is 0 Å². The van der Waals surface area contributed by atoms with Crippen LogP contribution in [0.5, 0.6) is 5.75 Å². The number of rotatable bonds is 9. The molecule has 198 valence electrons. The molecule has 7 nitrogen and oxygen atoms in total. The average Bonchev–Trinajstić information content (AvgIpc) is 3.54. The number of methoxy groups -OCH3 is 1. The van der Waals surface area contributed by atoms with Gasteiger partial charge >= 0.3 is 6.18 Å². The number of nitrogens with zero attached hydrogens (tertiary/aromatic N) is 5. The molecule has 37 heavy (non-hydrogen) atoms. The first-order valence-corrected chi connectivity index (χ1v) is 12.6. The topological polar surface area (TPSA) is 73.1 Å². The molecule has 3 aromatic rings. The van der Waals surface area contributed by atoms with Gasteiger partial charge in [0.05, 0.1) is 25.1 Å². The van der Waals surface area contributed by atoms with Crippen LogP contribution in [0.1, 0.15) is 39.0 Å². The lowest BCUT2D eigenvalue weighted by molar-refractivity contribution is -0.159. The Kier molecular flexibility index (Phi) is 8.36. The monoisotopic (exact) mass is 535 g/mol. The third kappa shape index (κ3) is 6.60. The standard InChI is InChI=1S/C26H29ClF3N5O2/c1-17(16-26(28,29)30)25(36)34(20-5-3-4-6-20)13-14-35-24(19-7-8-22(37-2)21(27)15-19)32-23(33-35)18-9-11-31-12-10-18/h7-12,15,17,20H,3-6,13-14,16H2,1-2H3. The van der Waals surface area contributed by atoms with Gasteiger partial charge in [-0.25, -0.2) is 9.67 Å². The van der Waals surface area contributed by atoms with Gasteiger partial charge < -0.3 is 9.64 Å². The van der Waals surface area contributed by atoms with Crippen molar-refractivity contribution in [1.82, 2.24) is 24.6 Å². The molecule has 1 saturated carbocycles. The van der Waals surface area contributed by atoms with Crippen LogP contribution in [-0.4, -0.2) is 56.4 Å². The van der Waals surface area contributed by atoms with Crippen LogP contribution in [-0.2, 0) is 11.3 Å². The second kappa shape index (κ2) is 11.5. The molecule has 1 aliphatic rings. The first kappa shape index (κ1) is 26.9. The Balaban J connectivity index is 1.65. The summed E-state index contributed by atoms with van der Waals surface area (Å²) >= 11 is 6.36. The van der Waals surface area contributed by atoms with E-state index in [9.17, 15) is 18.0 Å². The van der Waals surface area contributed by atoms with Gasteiger partial charge in [-0.05, 0) is 43.2 Å². The first-order valence-electron chi connectivity index (χ1n) is 12.2. The molecule has 2 aromatic heterocycles. The van der Waals surface area contributed by atoms with E-state index in [1.807, 2.05) is 6.07 Å². The Morgan fingerprint density at radius 1 is 1.19 bits per heavy atom. The second-order valence-electron chi connectivity index (χ2n) is 9.26. The fraction of sp³-hybridized carbons (Fsp3) is 0.462. The zero-order chi connectivity index (χ0) is 26.6. The van der Waals surface area contributed by atoms with E-state index in [1.165, 1.54) is 14.0 Å². The van der Waals surface area contributed by atoms with Gasteiger partial charge in [-0.1, -0.05) is 31.4 Å². The summed E-state index contributed by atoms with van der Waals surface area (Å²) in [6.45, 7) is 1.83.